The van der Waals surface area contributed by atoms with Crippen LogP contribution in [0, 0.1) is 6.92 Å². The van der Waals surface area contributed by atoms with Crippen LogP contribution in [0.3, 0.4) is 0 Å². The lowest BCUT2D eigenvalue weighted by molar-refractivity contribution is -0.139. The van der Waals surface area contributed by atoms with Crippen molar-refractivity contribution in [3.63, 3.8) is 0 Å². The average Bonchev–Trinajstić information content (AvgIpc) is 2.86. The molecule has 0 spiro atoms. The quantitative estimate of drug-likeness (QED) is 0.619. The Morgan fingerprint density at radius 2 is 2.16 bits per heavy atom. The molecule has 0 saturated heterocycles. The van der Waals surface area contributed by atoms with Crippen LogP contribution in [-0.2, 0) is 9.53 Å². The van der Waals surface area contributed by atoms with Crippen molar-refractivity contribution in [1.29, 1.82) is 0 Å². The predicted octanol–water partition coefficient (Wildman–Crippen LogP) is 2.70. The van der Waals surface area contributed by atoms with E-state index in [4.69, 9.17) is 9.15 Å². The lowest BCUT2D eigenvalue weighted by Crippen LogP contribution is -2.06. The van der Waals surface area contributed by atoms with Crippen LogP contribution in [0.4, 0.5) is 0 Å². The maximum Gasteiger partial charge on any atom is 0.316 e. The molecule has 19 heavy (non-hydrogen) atoms. The molecule has 0 aliphatic rings. The predicted molar refractivity (Wildman–Crippen MR) is 71.8 cm³/mol. The van der Waals surface area contributed by atoms with Crippen molar-refractivity contribution >= 4 is 17.7 Å². The number of esters is 1. The van der Waals surface area contributed by atoms with Crippen molar-refractivity contribution in [1.82, 2.24) is 10.2 Å². The highest BCUT2D eigenvalue weighted by Crippen LogP contribution is 2.25. The highest BCUT2D eigenvalue weighted by atomic mass is 32.2. The zero-order valence-electron chi connectivity index (χ0n) is 10.8. The van der Waals surface area contributed by atoms with Gasteiger partial charge in [0.05, 0.1) is 6.61 Å². The summed E-state index contributed by atoms with van der Waals surface area (Å²) in [7, 11) is 0. The summed E-state index contributed by atoms with van der Waals surface area (Å²) in [5.41, 5.74) is 1.96. The molecule has 0 aliphatic heterocycles. The van der Waals surface area contributed by atoms with Crippen LogP contribution in [0.15, 0.2) is 33.9 Å². The van der Waals surface area contributed by atoms with Gasteiger partial charge in [-0.2, -0.15) is 0 Å². The van der Waals surface area contributed by atoms with Gasteiger partial charge in [-0.25, -0.2) is 0 Å². The fourth-order valence-electron chi connectivity index (χ4n) is 1.51. The normalized spacial score (nSPS) is 10.4. The van der Waals surface area contributed by atoms with Gasteiger partial charge >= 0.3 is 5.97 Å². The lowest BCUT2D eigenvalue weighted by Gasteiger charge is -1.99. The molecule has 0 radical (unpaired) electrons. The number of aryl methyl sites for hydroxylation is 1. The fraction of sp³-hybridized carbons (Fsp3) is 0.308. The molecule has 0 atom stereocenters. The SMILES string of the molecule is CCOC(=O)CSc1nnc(-c2ccccc2C)o1. The summed E-state index contributed by atoms with van der Waals surface area (Å²) in [4.78, 5) is 11.2. The molecule has 0 N–H and O–H groups in total. The van der Waals surface area contributed by atoms with E-state index in [1.54, 1.807) is 6.92 Å². The number of nitrogens with zero attached hydrogens (tertiary/aromatic N) is 2. The summed E-state index contributed by atoms with van der Waals surface area (Å²) >= 11 is 1.18. The first kappa shape index (κ1) is 13.6. The molecule has 0 unspecified atom stereocenters. The number of ether oxygens (including phenoxy) is 1. The molecule has 0 bridgehead atoms. The molecule has 100 valence electrons. The number of benzene rings is 1. The van der Waals surface area contributed by atoms with Gasteiger partial charge in [0.2, 0.25) is 5.89 Å². The van der Waals surface area contributed by atoms with E-state index >= 15 is 0 Å². The first-order valence-electron chi connectivity index (χ1n) is 5.88. The van der Waals surface area contributed by atoms with E-state index in [1.807, 2.05) is 31.2 Å². The Morgan fingerprint density at radius 1 is 1.37 bits per heavy atom. The zero-order chi connectivity index (χ0) is 13.7. The van der Waals surface area contributed by atoms with Gasteiger partial charge in [-0.05, 0) is 25.5 Å². The van der Waals surface area contributed by atoms with Crippen molar-refractivity contribution < 1.29 is 13.9 Å². The molecular formula is C13H14N2O3S. The van der Waals surface area contributed by atoms with Crippen molar-refractivity contribution in [2.75, 3.05) is 12.4 Å². The Labute approximate surface area is 115 Å². The molecular weight excluding hydrogens is 264 g/mol. The second-order valence-corrected chi connectivity index (χ2v) is 4.71. The molecule has 1 aromatic carbocycles. The monoisotopic (exact) mass is 278 g/mol. The van der Waals surface area contributed by atoms with Crippen molar-refractivity contribution in [2.45, 2.75) is 19.1 Å². The molecule has 6 heteroatoms. The molecule has 2 aromatic rings. The number of aromatic nitrogens is 2. The summed E-state index contributed by atoms with van der Waals surface area (Å²) in [5, 5.41) is 8.25. The molecule has 0 amide bonds. The third-order valence-electron chi connectivity index (χ3n) is 2.40. The van der Waals surface area contributed by atoms with Gasteiger partial charge in [0.15, 0.2) is 0 Å². The van der Waals surface area contributed by atoms with Crippen LogP contribution in [-0.4, -0.2) is 28.5 Å². The summed E-state index contributed by atoms with van der Waals surface area (Å²) in [5.74, 6) is 0.344. The molecule has 5 nitrogen and oxygen atoms in total. The van der Waals surface area contributed by atoms with Gasteiger partial charge in [-0.3, -0.25) is 4.79 Å². The number of thioether (sulfide) groups is 1. The summed E-state index contributed by atoms with van der Waals surface area (Å²) in [6.45, 7) is 4.12. The average molecular weight is 278 g/mol. The van der Waals surface area contributed by atoms with Crippen molar-refractivity contribution in [3.8, 4) is 11.5 Å². The van der Waals surface area contributed by atoms with E-state index in [0.29, 0.717) is 17.7 Å². The Kier molecular flexibility index (Phi) is 4.57. The van der Waals surface area contributed by atoms with Gasteiger partial charge in [0, 0.05) is 5.56 Å². The Balaban J connectivity index is 2.04. The molecule has 2 rings (SSSR count). The van der Waals surface area contributed by atoms with Crippen LogP contribution < -0.4 is 0 Å². The van der Waals surface area contributed by atoms with Crippen LogP contribution in [0.1, 0.15) is 12.5 Å². The minimum Gasteiger partial charge on any atom is -0.465 e. The van der Waals surface area contributed by atoms with E-state index in [9.17, 15) is 4.79 Å². The maximum absolute atomic E-state index is 11.2. The van der Waals surface area contributed by atoms with E-state index in [0.717, 1.165) is 11.1 Å². The zero-order valence-corrected chi connectivity index (χ0v) is 11.6. The maximum atomic E-state index is 11.2. The lowest BCUT2D eigenvalue weighted by atomic mass is 10.1. The first-order chi connectivity index (χ1) is 9.20. The summed E-state index contributed by atoms with van der Waals surface area (Å²) in [6, 6.07) is 7.76. The Morgan fingerprint density at radius 3 is 2.89 bits per heavy atom. The summed E-state index contributed by atoms with van der Waals surface area (Å²) < 4.78 is 10.3. The highest BCUT2D eigenvalue weighted by molar-refractivity contribution is 7.99. The van der Waals surface area contributed by atoms with Crippen LogP contribution in [0.25, 0.3) is 11.5 Å². The number of carbonyl (C=O) groups is 1. The second-order valence-electron chi connectivity index (χ2n) is 3.78. The van der Waals surface area contributed by atoms with E-state index in [1.165, 1.54) is 11.8 Å². The molecule has 0 fully saturated rings. The number of rotatable bonds is 5. The molecule has 1 aromatic heterocycles. The topological polar surface area (TPSA) is 65.2 Å². The fourth-order valence-corrected chi connectivity index (χ4v) is 2.07. The minimum atomic E-state index is -0.289. The largest absolute Gasteiger partial charge is 0.465 e. The van der Waals surface area contributed by atoms with E-state index < -0.39 is 0 Å². The first-order valence-corrected chi connectivity index (χ1v) is 6.87. The Hall–Kier alpha value is -1.82. The van der Waals surface area contributed by atoms with E-state index in [-0.39, 0.29) is 11.7 Å². The molecule has 0 aliphatic carbocycles. The number of hydrogen-bond acceptors (Lipinski definition) is 6. The highest BCUT2D eigenvalue weighted by Gasteiger charge is 2.12. The van der Waals surface area contributed by atoms with Crippen molar-refractivity contribution in [2.24, 2.45) is 0 Å². The standard InChI is InChI=1S/C13H14N2O3S/c1-3-17-11(16)8-19-13-15-14-12(18-13)10-7-5-4-6-9(10)2/h4-7H,3,8H2,1-2H3. The van der Waals surface area contributed by atoms with Crippen LogP contribution in [0.2, 0.25) is 0 Å². The second kappa shape index (κ2) is 6.38. The van der Waals surface area contributed by atoms with Gasteiger partial charge in [-0.15, -0.1) is 10.2 Å². The van der Waals surface area contributed by atoms with Crippen LogP contribution in [0.5, 0.6) is 0 Å². The smallest absolute Gasteiger partial charge is 0.316 e. The van der Waals surface area contributed by atoms with Gasteiger partial charge in [0.1, 0.15) is 5.75 Å². The number of hydrogen-bond donors (Lipinski definition) is 0. The Bertz CT molecular complexity index is 569. The minimum absolute atomic E-state index is 0.170. The number of carbonyl (C=O) groups excluding carboxylic acids is 1. The summed E-state index contributed by atoms with van der Waals surface area (Å²) in [6.07, 6.45) is 0. The van der Waals surface area contributed by atoms with Crippen molar-refractivity contribution in [3.05, 3.63) is 29.8 Å². The van der Waals surface area contributed by atoms with Crippen LogP contribution >= 0.6 is 11.8 Å². The third-order valence-corrected chi connectivity index (χ3v) is 3.19. The third kappa shape index (κ3) is 3.57. The molecule has 0 saturated carbocycles. The van der Waals surface area contributed by atoms with Gasteiger partial charge in [-0.1, -0.05) is 30.0 Å². The molecule has 1 heterocycles. The van der Waals surface area contributed by atoms with E-state index in [2.05, 4.69) is 10.2 Å². The van der Waals surface area contributed by atoms with Gasteiger partial charge < -0.3 is 9.15 Å². The van der Waals surface area contributed by atoms with Gasteiger partial charge in [0.25, 0.3) is 5.22 Å².